The molecule has 6 heteroatoms. The van der Waals surface area contributed by atoms with Crippen LogP contribution in [0.1, 0.15) is 11.4 Å². The van der Waals surface area contributed by atoms with Crippen molar-refractivity contribution in [1.82, 2.24) is 19.7 Å². The van der Waals surface area contributed by atoms with Crippen molar-refractivity contribution in [3.8, 4) is 11.4 Å². The first-order valence-corrected chi connectivity index (χ1v) is 6.28. The maximum atomic E-state index is 4.36. The Labute approximate surface area is 110 Å². The number of hydrogen-bond acceptors (Lipinski definition) is 3. The molecule has 0 saturated carbocycles. The van der Waals surface area contributed by atoms with E-state index < -0.39 is 0 Å². The summed E-state index contributed by atoms with van der Waals surface area (Å²) in [5.41, 5.74) is 2.98. The smallest absolute Gasteiger partial charge is 0.165 e. The van der Waals surface area contributed by atoms with E-state index in [4.69, 9.17) is 0 Å². The molecule has 0 spiro atoms. The minimum atomic E-state index is 0.685. The standard InChI is InChI=1S/C10H10Br2N4/c1-5-9(6(2)16(3)15-5)10-13-7(11)4-8(12)14-10/h4H,1-3H3. The maximum Gasteiger partial charge on any atom is 0.165 e. The summed E-state index contributed by atoms with van der Waals surface area (Å²) < 4.78 is 3.35. The van der Waals surface area contributed by atoms with Gasteiger partial charge >= 0.3 is 0 Å². The van der Waals surface area contributed by atoms with Gasteiger partial charge in [0.25, 0.3) is 0 Å². The number of halogens is 2. The highest BCUT2D eigenvalue weighted by molar-refractivity contribution is 9.11. The summed E-state index contributed by atoms with van der Waals surface area (Å²) in [6.07, 6.45) is 0. The van der Waals surface area contributed by atoms with Crippen molar-refractivity contribution in [2.24, 2.45) is 7.05 Å². The predicted molar refractivity (Wildman–Crippen MR) is 69.1 cm³/mol. The highest BCUT2D eigenvalue weighted by Gasteiger charge is 2.15. The quantitative estimate of drug-likeness (QED) is 0.746. The fraction of sp³-hybridized carbons (Fsp3) is 0.300. The lowest BCUT2D eigenvalue weighted by atomic mass is 10.2. The molecule has 0 N–H and O–H groups in total. The van der Waals surface area contributed by atoms with Crippen molar-refractivity contribution in [3.05, 3.63) is 26.7 Å². The van der Waals surface area contributed by atoms with Crippen LogP contribution >= 0.6 is 31.9 Å². The summed E-state index contributed by atoms with van der Waals surface area (Å²) >= 11 is 6.72. The van der Waals surface area contributed by atoms with Gasteiger partial charge in [0.15, 0.2) is 5.82 Å². The molecule has 0 radical (unpaired) electrons. The SMILES string of the molecule is Cc1nn(C)c(C)c1-c1nc(Br)cc(Br)n1. The average Bonchev–Trinajstić information content (AvgIpc) is 2.39. The Kier molecular flexibility index (Phi) is 3.12. The largest absolute Gasteiger partial charge is 0.272 e. The molecular formula is C10H10Br2N4. The molecular weight excluding hydrogens is 336 g/mol. The highest BCUT2D eigenvalue weighted by atomic mass is 79.9. The van der Waals surface area contributed by atoms with E-state index in [-0.39, 0.29) is 0 Å². The van der Waals surface area contributed by atoms with E-state index in [2.05, 4.69) is 46.9 Å². The van der Waals surface area contributed by atoms with Crippen LogP contribution in [0, 0.1) is 13.8 Å². The van der Waals surface area contributed by atoms with Crippen molar-refractivity contribution in [3.63, 3.8) is 0 Å². The molecule has 0 aromatic carbocycles. The second-order valence-electron chi connectivity index (χ2n) is 3.51. The van der Waals surface area contributed by atoms with Crippen molar-refractivity contribution < 1.29 is 0 Å². The van der Waals surface area contributed by atoms with Gasteiger partial charge in [-0.15, -0.1) is 0 Å². The van der Waals surface area contributed by atoms with Gasteiger partial charge < -0.3 is 0 Å². The molecule has 0 bridgehead atoms. The lowest BCUT2D eigenvalue weighted by Gasteiger charge is -2.02. The monoisotopic (exact) mass is 344 g/mol. The number of nitrogens with zero attached hydrogens (tertiary/aromatic N) is 4. The molecule has 84 valence electrons. The van der Waals surface area contributed by atoms with Crippen LogP contribution in [-0.2, 0) is 7.05 Å². The van der Waals surface area contributed by atoms with Gasteiger partial charge in [-0.05, 0) is 45.7 Å². The van der Waals surface area contributed by atoms with E-state index in [1.807, 2.05) is 31.6 Å². The molecule has 0 aliphatic heterocycles. The molecule has 0 aliphatic rings. The van der Waals surface area contributed by atoms with Crippen molar-refractivity contribution in [1.29, 1.82) is 0 Å². The van der Waals surface area contributed by atoms with Gasteiger partial charge in [0, 0.05) is 18.8 Å². The summed E-state index contributed by atoms with van der Waals surface area (Å²) in [5, 5.41) is 4.35. The van der Waals surface area contributed by atoms with Crippen LogP contribution in [-0.4, -0.2) is 19.7 Å². The van der Waals surface area contributed by atoms with Crippen LogP contribution in [0.2, 0.25) is 0 Å². The molecule has 0 atom stereocenters. The van der Waals surface area contributed by atoms with E-state index in [1.165, 1.54) is 0 Å². The lowest BCUT2D eigenvalue weighted by molar-refractivity contribution is 0.731. The molecule has 2 heterocycles. The Hall–Kier alpha value is -0.750. The summed E-state index contributed by atoms with van der Waals surface area (Å²) in [4.78, 5) is 8.72. The summed E-state index contributed by atoms with van der Waals surface area (Å²) in [6.45, 7) is 3.97. The number of aromatic nitrogens is 4. The third-order valence-corrected chi connectivity index (χ3v) is 3.21. The second-order valence-corrected chi connectivity index (χ2v) is 5.13. The van der Waals surface area contributed by atoms with Crippen LogP contribution < -0.4 is 0 Å². The summed E-state index contributed by atoms with van der Waals surface area (Å²) in [7, 11) is 1.92. The fourth-order valence-corrected chi connectivity index (χ4v) is 2.68. The molecule has 0 saturated heterocycles. The molecule has 0 amide bonds. The van der Waals surface area contributed by atoms with Crippen LogP contribution in [0.25, 0.3) is 11.4 Å². The predicted octanol–water partition coefficient (Wildman–Crippen LogP) is 3.02. The third kappa shape index (κ3) is 2.04. The van der Waals surface area contributed by atoms with Crippen molar-refractivity contribution >= 4 is 31.9 Å². The Balaban J connectivity index is 2.67. The highest BCUT2D eigenvalue weighted by Crippen LogP contribution is 2.26. The average molecular weight is 346 g/mol. The van der Waals surface area contributed by atoms with Crippen LogP contribution in [0.4, 0.5) is 0 Å². The second kappa shape index (κ2) is 4.25. The van der Waals surface area contributed by atoms with Crippen LogP contribution in [0.3, 0.4) is 0 Å². The van der Waals surface area contributed by atoms with E-state index in [0.29, 0.717) is 5.82 Å². The zero-order valence-corrected chi connectivity index (χ0v) is 12.3. The first-order valence-electron chi connectivity index (χ1n) is 4.69. The molecule has 2 aromatic rings. The van der Waals surface area contributed by atoms with Crippen LogP contribution in [0.5, 0.6) is 0 Å². The molecule has 0 fully saturated rings. The van der Waals surface area contributed by atoms with Crippen molar-refractivity contribution in [2.45, 2.75) is 13.8 Å². The summed E-state index contributed by atoms with van der Waals surface area (Å²) in [6, 6.07) is 1.81. The van der Waals surface area contributed by atoms with Gasteiger partial charge in [-0.3, -0.25) is 4.68 Å². The maximum absolute atomic E-state index is 4.36. The van der Waals surface area contributed by atoms with E-state index in [9.17, 15) is 0 Å². The van der Waals surface area contributed by atoms with Crippen LogP contribution in [0.15, 0.2) is 15.3 Å². The van der Waals surface area contributed by atoms with Gasteiger partial charge in [0.05, 0.1) is 11.3 Å². The van der Waals surface area contributed by atoms with Gasteiger partial charge in [-0.2, -0.15) is 5.10 Å². The normalized spacial score (nSPS) is 10.8. The lowest BCUT2D eigenvalue weighted by Crippen LogP contribution is -1.95. The molecule has 16 heavy (non-hydrogen) atoms. The molecule has 0 unspecified atom stereocenters. The Bertz CT molecular complexity index is 528. The summed E-state index contributed by atoms with van der Waals surface area (Å²) in [5.74, 6) is 0.685. The number of hydrogen-bond donors (Lipinski definition) is 0. The van der Waals surface area contributed by atoms with Crippen molar-refractivity contribution in [2.75, 3.05) is 0 Å². The first kappa shape index (κ1) is 11.7. The number of rotatable bonds is 1. The molecule has 2 rings (SSSR count). The van der Waals surface area contributed by atoms with E-state index in [0.717, 1.165) is 26.2 Å². The molecule has 2 aromatic heterocycles. The minimum Gasteiger partial charge on any atom is -0.272 e. The van der Waals surface area contributed by atoms with E-state index in [1.54, 1.807) is 0 Å². The van der Waals surface area contributed by atoms with Gasteiger partial charge in [-0.25, -0.2) is 9.97 Å². The van der Waals surface area contributed by atoms with Gasteiger partial charge in [0.2, 0.25) is 0 Å². The first-order chi connectivity index (χ1) is 7.49. The zero-order chi connectivity index (χ0) is 11.9. The number of aryl methyl sites for hydroxylation is 2. The minimum absolute atomic E-state index is 0.685. The fourth-order valence-electron chi connectivity index (χ4n) is 1.60. The zero-order valence-electron chi connectivity index (χ0n) is 9.12. The Morgan fingerprint density at radius 2 is 1.69 bits per heavy atom. The topological polar surface area (TPSA) is 43.6 Å². The molecule has 4 nitrogen and oxygen atoms in total. The Morgan fingerprint density at radius 1 is 1.12 bits per heavy atom. The van der Waals surface area contributed by atoms with Gasteiger partial charge in [0.1, 0.15) is 9.21 Å². The third-order valence-electron chi connectivity index (χ3n) is 2.40. The van der Waals surface area contributed by atoms with E-state index >= 15 is 0 Å². The molecule has 0 aliphatic carbocycles. The van der Waals surface area contributed by atoms with Gasteiger partial charge in [-0.1, -0.05) is 0 Å². The Morgan fingerprint density at radius 3 is 2.12 bits per heavy atom.